The van der Waals surface area contributed by atoms with Crippen LogP contribution in [-0.4, -0.2) is 96.7 Å². The molecule has 19 heteroatoms. The number of phosphoric ester groups is 2. The van der Waals surface area contributed by atoms with E-state index in [2.05, 4.69) is 48.5 Å². The Morgan fingerprint density at radius 2 is 0.567 bits per heavy atom. The van der Waals surface area contributed by atoms with Gasteiger partial charge in [-0.1, -0.05) is 305 Å². The number of hydrogen-bond acceptors (Lipinski definition) is 15. The lowest BCUT2D eigenvalue weighted by Gasteiger charge is -2.21. The Morgan fingerprint density at radius 1 is 0.322 bits per heavy atom. The molecule has 534 valence electrons. The van der Waals surface area contributed by atoms with Gasteiger partial charge in [-0.15, -0.1) is 0 Å². The van der Waals surface area contributed by atoms with Gasteiger partial charge in [0, 0.05) is 25.7 Å². The SMILES string of the molecule is CCCCCCCCCCC(=O)OC[C@H](COP(=O)(O)OC[C@H](O)COP(=O)(O)OC[C@@H](COC(=O)CCCCCCCCCCC(C)CC)OC(=O)CCCCCCCCCCCCCCCCCCCCC(C)C)OC(=O)CCCCCCCCC(C)C. The standard InChI is InChI=1S/C71H138O17P2/c1-8-10-11-12-13-30-38-45-52-68(73)81-59-67(88-71(76)55-48-41-34-33-36-43-50-63(5)6)61-86-90(79,80)84-57-65(72)56-83-89(77,78)85-60-66(58-82-69(74)53-46-39-31-27-26-29-37-44-51-64(7)9-2)87-70(75)54-47-40-32-25-23-21-19-17-15-14-16-18-20-22-24-28-35-42-49-62(3)4/h62-67,72H,8-61H2,1-7H3,(H,77,78)(H,79,80)/t64?,65-,66-,67-/m1/s1. The fraction of sp³-hybridized carbons (Fsp3) is 0.944. The van der Waals surface area contributed by atoms with Crippen molar-refractivity contribution in [1.82, 2.24) is 0 Å². The first kappa shape index (κ1) is 88.1. The van der Waals surface area contributed by atoms with Crippen molar-refractivity contribution in [3.63, 3.8) is 0 Å². The van der Waals surface area contributed by atoms with Crippen LogP contribution in [0.2, 0.25) is 0 Å². The van der Waals surface area contributed by atoms with E-state index in [0.29, 0.717) is 31.6 Å². The van der Waals surface area contributed by atoms with Gasteiger partial charge in [-0.2, -0.15) is 0 Å². The first-order valence-corrected chi connectivity index (χ1v) is 39.9. The van der Waals surface area contributed by atoms with Crippen LogP contribution in [0.5, 0.6) is 0 Å². The van der Waals surface area contributed by atoms with Crippen LogP contribution >= 0.6 is 15.6 Å². The van der Waals surface area contributed by atoms with E-state index in [1.54, 1.807) is 0 Å². The Labute approximate surface area is 549 Å². The number of hydrogen-bond donors (Lipinski definition) is 3. The number of esters is 4. The lowest BCUT2D eigenvalue weighted by atomic mass is 9.99. The number of carbonyl (C=O) groups excluding carboxylic acids is 4. The summed E-state index contributed by atoms with van der Waals surface area (Å²) in [4.78, 5) is 72.4. The molecule has 90 heavy (non-hydrogen) atoms. The van der Waals surface area contributed by atoms with Crippen molar-refractivity contribution in [2.75, 3.05) is 39.6 Å². The van der Waals surface area contributed by atoms with E-state index in [0.717, 1.165) is 108 Å². The van der Waals surface area contributed by atoms with E-state index in [9.17, 15) is 43.2 Å². The maximum absolute atomic E-state index is 13.0. The molecule has 3 unspecified atom stereocenters. The van der Waals surface area contributed by atoms with Gasteiger partial charge in [0.05, 0.1) is 26.4 Å². The fourth-order valence-electron chi connectivity index (χ4n) is 10.7. The summed E-state index contributed by atoms with van der Waals surface area (Å²) in [5.41, 5.74) is 0. The van der Waals surface area contributed by atoms with Gasteiger partial charge in [-0.25, -0.2) is 9.13 Å². The molecule has 0 amide bonds. The molecule has 0 heterocycles. The van der Waals surface area contributed by atoms with Gasteiger partial charge in [0.15, 0.2) is 12.2 Å². The molecule has 0 radical (unpaired) electrons. The molecule has 0 rings (SSSR count). The van der Waals surface area contributed by atoms with Crippen LogP contribution in [0.4, 0.5) is 0 Å². The van der Waals surface area contributed by atoms with Crippen molar-refractivity contribution in [1.29, 1.82) is 0 Å². The lowest BCUT2D eigenvalue weighted by molar-refractivity contribution is -0.161. The summed E-state index contributed by atoms with van der Waals surface area (Å²) < 4.78 is 68.2. The molecule has 0 spiro atoms. The maximum atomic E-state index is 13.0. The molecule has 17 nitrogen and oxygen atoms in total. The highest BCUT2D eigenvalue weighted by Gasteiger charge is 2.30. The van der Waals surface area contributed by atoms with Crippen molar-refractivity contribution in [2.45, 2.75) is 375 Å². The van der Waals surface area contributed by atoms with Crippen LogP contribution in [0.15, 0.2) is 0 Å². The Bertz CT molecular complexity index is 1770. The first-order chi connectivity index (χ1) is 43.3. The van der Waals surface area contributed by atoms with Crippen LogP contribution in [0.25, 0.3) is 0 Å². The third-order valence-corrected chi connectivity index (χ3v) is 18.6. The summed E-state index contributed by atoms with van der Waals surface area (Å²) in [5, 5.41) is 10.6. The van der Waals surface area contributed by atoms with Gasteiger partial charge in [0.25, 0.3) is 0 Å². The molecule has 0 aromatic carbocycles. The van der Waals surface area contributed by atoms with Gasteiger partial charge in [-0.05, 0) is 43.4 Å². The second-order valence-electron chi connectivity index (χ2n) is 26.8. The summed E-state index contributed by atoms with van der Waals surface area (Å²) in [5.74, 6) is 0.134. The summed E-state index contributed by atoms with van der Waals surface area (Å²) in [6, 6.07) is 0. The minimum atomic E-state index is -4.95. The average molecular weight is 1330 g/mol. The van der Waals surface area contributed by atoms with Gasteiger partial charge >= 0.3 is 39.5 Å². The second kappa shape index (κ2) is 61.9. The zero-order chi connectivity index (χ0) is 66.6. The highest BCUT2D eigenvalue weighted by atomic mass is 31.2. The number of ether oxygens (including phenoxy) is 4. The largest absolute Gasteiger partial charge is 0.472 e. The normalized spacial score (nSPS) is 14.5. The fourth-order valence-corrected chi connectivity index (χ4v) is 12.3. The molecule has 0 fully saturated rings. The summed E-state index contributed by atoms with van der Waals surface area (Å²) in [6.45, 7) is 11.8. The molecule has 0 aliphatic rings. The van der Waals surface area contributed by atoms with E-state index in [1.165, 1.54) is 161 Å². The van der Waals surface area contributed by atoms with Crippen molar-refractivity contribution >= 4 is 39.5 Å². The first-order valence-electron chi connectivity index (χ1n) is 36.9. The molecule has 3 N–H and O–H groups in total. The van der Waals surface area contributed by atoms with E-state index in [1.807, 2.05) is 0 Å². The maximum Gasteiger partial charge on any atom is 0.472 e. The van der Waals surface area contributed by atoms with Crippen LogP contribution in [0.1, 0.15) is 357 Å². The molecule has 6 atom stereocenters. The highest BCUT2D eigenvalue weighted by molar-refractivity contribution is 7.47. The van der Waals surface area contributed by atoms with Crippen LogP contribution < -0.4 is 0 Å². The zero-order valence-electron chi connectivity index (χ0n) is 58.6. The number of aliphatic hydroxyl groups is 1. The second-order valence-corrected chi connectivity index (χ2v) is 29.7. The Hall–Kier alpha value is -1.94. The molecular weight excluding hydrogens is 1190 g/mol. The predicted molar refractivity (Wildman–Crippen MR) is 363 cm³/mol. The topological polar surface area (TPSA) is 237 Å². The molecule has 0 aromatic heterocycles. The molecule has 0 aliphatic carbocycles. The van der Waals surface area contributed by atoms with Crippen molar-refractivity contribution in [3.05, 3.63) is 0 Å². The minimum absolute atomic E-state index is 0.102. The Balaban J connectivity index is 5.15. The monoisotopic (exact) mass is 1320 g/mol. The van der Waals surface area contributed by atoms with Gasteiger partial charge in [0.1, 0.15) is 19.3 Å². The molecule has 0 aliphatic heterocycles. The number of unbranched alkanes of at least 4 members (excludes halogenated alkanes) is 36. The van der Waals surface area contributed by atoms with Crippen LogP contribution in [0, 0.1) is 17.8 Å². The zero-order valence-corrected chi connectivity index (χ0v) is 60.4. The van der Waals surface area contributed by atoms with Gasteiger partial charge < -0.3 is 33.8 Å². The molecule has 0 saturated heterocycles. The molecule has 0 bridgehead atoms. The van der Waals surface area contributed by atoms with Gasteiger partial charge in [0.2, 0.25) is 0 Å². The molecule has 0 aromatic rings. The smallest absolute Gasteiger partial charge is 0.462 e. The van der Waals surface area contributed by atoms with Crippen molar-refractivity contribution in [3.8, 4) is 0 Å². The minimum Gasteiger partial charge on any atom is -0.462 e. The Kier molecular flexibility index (Phi) is 60.6. The van der Waals surface area contributed by atoms with Crippen molar-refractivity contribution in [2.24, 2.45) is 17.8 Å². The van der Waals surface area contributed by atoms with Crippen LogP contribution in [-0.2, 0) is 65.4 Å². The number of rotatable bonds is 69. The predicted octanol–water partition coefficient (Wildman–Crippen LogP) is 20.2. The summed E-state index contributed by atoms with van der Waals surface area (Å²) >= 11 is 0. The summed E-state index contributed by atoms with van der Waals surface area (Å²) in [6.07, 6.45) is 46.2. The number of carbonyl (C=O) groups is 4. The van der Waals surface area contributed by atoms with Gasteiger partial charge in [-0.3, -0.25) is 37.3 Å². The Morgan fingerprint density at radius 3 is 0.844 bits per heavy atom. The number of aliphatic hydroxyl groups excluding tert-OH is 1. The molecule has 0 saturated carbocycles. The van der Waals surface area contributed by atoms with Crippen molar-refractivity contribution < 1.29 is 80.2 Å². The number of phosphoric acid groups is 2. The molecular formula is C71H138O17P2. The van der Waals surface area contributed by atoms with E-state index in [4.69, 9.17) is 37.0 Å². The highest BCUT2D eigenvalue weighted by Crippen LogP contribution is 2.45. The quantitative estimate of drug-likeness (QED) is 0.0222. The van der Waals surface area contributed by atoms with Crippen LogP contribution in [0.3, 0.4) is 0 Å². The van der Waals surface area contributed by atoms with E-state index in [-0.39, 0.29) is 25.7 Å². The average Bonchev–Trinajstić information content (AvgIpc) is 3.64. The van der Waals surface area contributed by atoms with E-state index < -0.39 is 97.5 Å². The van der Waals surface area contributed by atoms with E-state index >= 15 is 0 Å². The lowest BCUT2D eigenvalue weighted by Crippen LogP contribution is -2.30. The third-order valence-electron chi connectivity index (χ3n) is 16.7. The third kappa shape index (κ3) is 63.5. The summed E-state index contributed by atoms with van der Waals surface area (Å²) in [7, 11) is -9.90.